The minimum atomic E-state index is -0.197. The molecule has 0 aromatic carbocycles. The van der Waals surface area contributed by atoms with E-state index in [4.69, 9.17) is 4.74 Å². The van der Waals surface area contributed by atoms with Crippen molar-refractivity contribution in [1.29, 1.82) is 0 Å². The van der Waals surface area contributed by atoms with E-state index in [1.807, 2.05) is 13.8 Å². The fraction of sp³-hybridized carbons (Fsp3) is 0.867. The topological polar surface area (TPSA) is 62.7 Å². The summed E-state index contributed by atoms with van der Waals surface area (Å²) in [4.78, 5) is 16.1. The number of hydrogen-bond acceptors (Lipinski definition) is 3. The second-order valence-electron chi connectivity index (χ2n) is 5.71. The molecule has 1 saturated carbocycles. The third-order valence-corrected chi connectivity index (χ3v) is 4.26. The van der Waals surface area contributed by atoms with Crippen molar-refractivity contribution in [2.75, 3.05) is 26.7 Å². The van der Waals surface area contributed by atoms with Crippen LogP contribution in [-0.4, -0.2) is 38.7 Å². The molecule has 20 heavy (non-hydrogen) atoms. The molecule has 1 rings (SSSR count). The average Bonchev–Trinajstić information content (AvgIpc) is 2.42. The normalized spacial score (nSPS) is 18.9. The van der Waals surface area contributed by atoms with Gasteiger partial charge in [0.2, 0.25) is 0 Å². The summed E-state index contributed by atoms with van der Waals surface area (Å²) < 4.78 is 4.72. The summed E-state index contributed by atoms with van der Waals surface area (Å²) in [6.07, 6.45) is 5.08. The smallest absolute Gasteiger partial charge is 0.310 e. The average molecular weight is 283 g/mol. The van der Waals surface area contributed by atoms with Crippen LogP contribution in [0.3, 0.4) is 0 Å². The van der Waals surface area contributed by atoms with Crippen LogP contribution in [0.2, 0.25) is 0 Å². The van der Waals surface area contributed by atoms with Crippen LogP contribution in [-0.2, 0) is 9.53 Å². The molecule has 0 aromatic rings. The van der Waals surface area contributed by atoms with E-state index in [0.29, 0.717) is 12.0 Å². The Bertz CT molecular complexity index is 333. The van der Waals surface area contributed by atoms with E-state index < -0.39 is 0 Å². The number of ether oxygens (including phenoxy) is 1. The summed E-state index contributed by atoms with van der Waals surface area (Å²) >= 11 is 0. The lowest BCUT2D eigenvalue weighted by Crippen LogP contribution is -2.42. The predicted octanol–water partition coefficient (Wildman–Crippen LogP) is 1.93. The maximum atomic E-state index is 11.4. The maximum absolute atomic E-state index is 11.4. The molecule has 116 valence electrons. The van der Waals surface area contributed by atoms with E-state index in [-0.39, 0.29) is 11.9 Å². The molecule has 5 nitrogen and oxygen atoms in total. The van der Waals surface area contributed by atoms with Gasteiger partial charge in [-0.25, -0.2) is 0 Å². The molecule has 1 atom stereocenters. The van der Waals surface area contributed by atoms with Gasteiger partial charge in [0.1, 0.15) is 0 Å². The monoisotopic (exact) mass is 283 g/mol. The Morgan fingerprint density at radius 2 is 2.05 bits per heavy atom. The van der Waals surface area contributed by atoms with Gasteiger partial charge in [0.15, 0.2) is 5.96 Å². The number of aliphatic imine (C=N–C) groups is 1. The van der Waals surface area contributed by atoms with Crippen LogP contribution >= 0.6 is 0 Å². The van der Waals surface area contributed by atoms with E-state index in [9.17, 15) is 4.79 Å². The van der Waals surface area contributed by atoms with Crippen molar-refractivity contribution in [1.82, 2.24) is 10.6 Å². The van der Waals surface area contributed by atoms with Crippen molar-refractivity contribution in [2.45, 2.75) is 46.5 Å². The Morgan fingerprint density at radius 3 is 2.50 bits per heavy atom. The standard InChI is InChI=1S/C15H29N3O2/c1-5-15(8-7-9-15)11-18-14(16-6-2)17-10-12(3)13(19)20-4/h12H,5-11H2,1-4H3,(H2,16,17,18). The van der Waals surface area contributed by atoms with Gasteiger partial charge < -0.3 is 15.4 Å². The van der Waals surface area contributed by atoms with Crippen molar-refractivity contribution in [3.63, 3.8) is 0 Å². The Labute approximate surface area is 122 Å². The van der Waals surface area contributed by atoms with Crippen molar-refractivity contribution in [3.05, 3.63) is 0 Å². The summed E-state index contributed by atoms with van der Waals surface area (Å²) in [5, 5.41) is 6.45. The van der Waals surface area contributed by atoms with Crippen molar-refractivity contribution >= 4 is 11.9 Å². The number of carbonyl (C=O) groups excluding carboxylic acids is 1. The first kappa shape index (κ1) is 16.8. The van der Waals surface area contributed by atoms with Crippen LogP contribution in [0.5, 0.6) is 0 Å². The van der Waals surface area contributed by atoms with E-state index >= 15 is 0 Å². The largest absolute Gasteiger partial charge is 0.469 e. The quantitative estimate of drug-likeness (QED) is 0.426. The van der Waals surface area contributed by atoms with Crippen LogP contribution in [0.4, 0.5) is 0 Å². The van der Waals surface area contributed by atoms with Gasteiger partial charge in [-0.3, -0.25) is 9.79 Å². The van der Waals surface area contributed by atoms with Gasteiger partial charge in [0.05, 0.1) is 13.0 Å². The number of nitrogens with one attached hydrogen (secondary N) is 2. The number of hydrogen-bond donors (Lipinski definition) is 2. The zero-order valence-electron chi connectivity index (χ0n) is 13.3. The molecule has 1 fully saturated rings. The molecule has 0 bridgehead atoms. The lowest BCUT2D eigenvalue weighted by Gasteiger charge is -2.40. The van der Waals surface area contributed by atoms with Gasteiger partial charge >= 0.3 is 5.97 Å². The van der Waals surface area contributed by atoms with Crippen LogP contribution in [0.25, 0.3) is 0 Å². The maximum Gasteiger partial charge on any atom is 0.310 e. The lowest BCUT2D eigenvalue weighted by molar-refractivity contribution is -0.144. The molecule has 2 N–H and O–H groups in total. The summed E-state index contributed by atoms with van der Waals surface area (Å²) in [7, 11) is 1.42. The minimum Gasteiger partial charge on any atom is -0.469 e. The van der Waals surface area contributed by atoms with E-state index in [2.05, 4.69) is 22.5 Å². The number of rotatable bonds is 7. The Hall–Kier alpha value is -1.26. The third kappa shape index (κ3) is 4.69. The van der Waals surface area contributed by atoms with E-state index in [0.717, 1.165) is 19.0 Å². The fourth-order valence-corrected chi connectivity index (χ4v) is 2.42. The molecular weight excluding hydrogens is 254 g/mol. The molecule has 0 saturated heterocycles. The van der Waals surface area contributed by atoms with Gasteiger partial charge in [-0.1, -0.05) is 20.3 Å². The highest BCUT2D eigenvalue weighted by Crippen LogP contribution is 2.43. The molecule has 0 heterocycles. The van der Waals surface area contributed by atoms with Crippen LogP contribution in [0, 0.1) is 11.3 Å². The van der Waals surface area contributed by atoms with Crippen LogP contribution < -0.4 is 10.6 Å². The first-order chi connectivity index (χ1) is 9.56. The Balaban J connectivity index is 2.48. The Kier molecular flexibility index (Phi) is 6.82. The van der Waals surface area contributed by atoms with Crippen LogP contribution in [0.1, 0.15) is 46.5 Å². The second-order valence-corrected chi connectivity index (χ2v) is 5.71. The molecule has 0 spiro atoms. The van der Waals surface area contributed by atoms with Crippen molar-refractivity contribution in [3.8, 4) is 0 Å². The predicted molar refractivity (Wildman–Crippen MR) is 81.7 cm³/mol. The van der Waals surface area contributed by atoms with Gasteiger partial charge in [0.25, 0.3) is 0 Å². The number of carbonyl (C=O) groups is 1. The third-order valence-electron chi connectivity index (χ3n) is 4.26. The molecule has 1 aliphatic rings. The van der Waals surface area contributed by atoms with Gasteiger partial charge in [0, 0.05) is 19.6 Å². The molecular formula is C15H29N3O2. The number of nitrogens with zero attached hydrogens (tertiary/aromatic N) is 1. The van der Waals surface area contributed by atoms with Gasteiger partial charge in [-0.2, -0.15) is 0 Å². The first-order valence-electron chi connectivity index (χ1n) is 7.67. The van der Waals surface area contributed by atoms with E-state index in [1.54, 1.807) is 0 Å². The molecule has 1 aliphatic carbocycles. The zero-order valence-corrected chi connectivity index (χ0v) is 13.3. The summed E-state index contributed by atoms with van der Waals surface area (Å²) in [5.74, 6) is 0.424. The highest BCUT2D eigenvalue weighted by atomic mass is 16.5. The molecule has 0 aliphatic heterocycles. The highest BCUT2D eigenvalue weighted by molar-refractivity contribution is 5.80. The molecule has 5 heteroatoms. The molecule has 0 radical (unpaired) electrons. The van der Waals surface area contributed by atoms with Crippen LogP contribution in [0.15, 0.2) is 4.99 Å². The minimum absolute atomic E-state index is 0.173. The zero-order chi connectivity index (χ0) is 15.0. The SMILES string of the molecule is CCNC(=NCC1(CC)CCC1)NCC(C)C(=O)OC. The fourth-order valence-electron chi connectivity index (χ4n) is 2.42. The lowest BCUT2D eigenvalue weighted by atomic mass is 9.67. The van der Waals surface area contributed by atoms with Gasteiger partial charge in [-0.15, -0.1) is 0 Å². The summed E-state index contributed by atoms with van der Waals surface area (Å²) in [6, 6.07) is 0. The number of guanidine groups is 1. The molecule has 0 amide bonds. The molecule has 1 unspecified atom stereocenters. The number of esters is 1. The van der Waals surface area contributed by atoms with Crippen molar-refractivity contribution in [2.24, 2.45) is 16.3 Å². The molecule has 0 aromatic heterocycles. The van der Waals surface area contributed by atoms with Gasteiger partial charge in [-0.05, 0) is 31.6 Å². The summed E-state index contributed by atoms with van der Waals surface area (Å²) in [6.45, 7) is 8.36. The first-order valence-corrected chi connectivity index (χ1v) is 7.67. The van der Waals surface area contributed by atoms with E-state index in [1.165, 1.54) is 32.8 Å². The number of methoxy groups -OCH3 is 1. The van der Waals surface area contributed by atoms with Crippen molar-refractivity contribution < 1.29 is 9.53 Å². The summed E-state index contributed by atoms with van der Waals surface area (Å²) in [5.41, 5.74) is 0.413. The highest BCUT2D eigenvalue weighted by Gasteiger charge is 2.34. The second kappa shape index (κ2) is 8.12. The Morgan fingerprint density at radius 1 is 1.35 bits per heavy atom.